The minimum Gasteiger partial charge on any atom is -0.493 e. The number of carbonyl (C=O) groups excluding carboxylic acids is 1. The summed E-state index contributed by atoms with van der Waals surface area (Å²) in [6.45, 7) is 4.41. The molecule has 3 rings (SSSR count). The zero-order valence-electron chi connectivity index (χ0n) is 17.1. The van der Waals surface area contributed by atoms with Gasteiger partial charge in [0, 0.05) is 16.8 Å². The molecule has 0 radical (unpaired) electrons. The molecule has 7 heteroatoms. The predicted octanol–water partition coefficient (Wildman–Crippen LogP) is 6.24. The highest BCUT2D eigenvalue weighted by atomic mass is 19.4. The summed E-state index contributed by atoms with van der Waals surface area (Å²) in [6, 6.07) is 16.9. The first-order valence-corrected chi connectivity index (χ1v) is 9.70. The van der Waals surface area contributed by atoms with Gasteiger partial charge in [-0.2, -0.15) is 13.2 Å². The number of carbonyl (C=O) groups is 1. The fraction of sp³-hybridized carbons (Fsp3) is 0.208. The van der Waals surface area contributed by atoms with Crippen LogP contribution < -0.4 is 14.8 Å². The van der Waals surface area contributed by atoms with E-state index in [1.807, 2.05) is 38.1 Å². The molecule has 162 valence electrons. The lowest BCUT2D eigenvalue weighted by Gasteiger charge is -2.14. The molecule has 1 N–H and O–H groups in total. The highest BCUT2D eigenvalue weighted by Gasteiger charge is 2.30. The van der Waals surface area contributed by atoms with E-state index in [-0.39, 0.29) is 17.9 Å². The highest BCUT2D eigenvalue weighted by molar-refractivity contribution is 6.04. The first kappa shape index (κ1) is 22.2. The fourth-order valence-electron chi connectivity index (χ4n) is 2.97. The third-order valence-electron chi connectivity index (χ3n) is 4.45. The molecule has 4 nitrogen and oxygen atoms in total. The summed E-state index contributed by atoms with van der Waals surface area (Å²) in [5.74, 6) is 0.728. The van der Waals surface area contributed by atoms with Gasteiger partial charge in [0.1, 0.15) is 18.1 Å². The van der Waals surface area contributed by atoms with Gasteiger partial charge in [-0.1, -0.05) is 18.2 Å². The summed E-state index contributed by atoms with van der Waals surface area (Å²) < 4.78 is 50.2. The van der Waals surface area contributed by atoms with E-state index in [4.69, 9.17) is 9.47 Å². The molecule has 0 atom stereocenters. The van der Waals surface area contributed by atoms with Crippen molar-refractivity contribution in [1.82, 2.24) is 0 Å². The average molecular weight is 429 g/mol. The summed E-state index contributed by atoms with van der Waals surface area (Å²) in [6.07, 6.45) is -4.49. The van der Waals surface area contributed by atoms with Crippen LogP contribution in [0.2, 0.25) is 0 Å². The van der Waals surface area contributed by atoms with Gasteiger partial charge in [0.05, 0.1) is 12.2 Å². The Morgan fingerprint density at radius 1 is 0.968 bits per heavy atom. The molecule has 0 aliphatic rings. The molecule has 1 amide bonds. The summed E-state index contributed by atoms with van der Waals surface area (Å²) in [4.78, 5) is 12.6. The Morgan fingerprint density at radius 2 is 1.74 bits per heavy atom. The van der Waals surface area contributed by atoms with Gasteiger partial charge < -0.3 is 14.8 Å². The quantitative estimate of drug-likeness (QED) is 0.483. The van der Waals surface area contributed by atoms with Crippen LogP contribution in [-0.2, 0) is 12.8 Å². The maximum Gasteiger partial charge on any atom is 0.416 e. The van der Waals surface area contributed by atoms with Gasteiger partial charge in [-0.25, -0.2) is 0 Å². The van der Waals surface area contributed by atoms with E-state index in [2.05, 4.69) is 5.32 Å². The third kappa shape index (κ3) is 6.01. The SMILES string of the molecule is CCOc1ccc(C(=O)Nc2cccc(C(F)(F)F)c2)cc1COc1cccc(C)c1. The lowest BCUT2D eigenvalue weighted by molar-refractivity contribution is -0.137. The van der Waals surface area contributed by atoms with Gasteiger partial charge in [-0.05, 0) is 67.9 Å². The number of benzene rings is 3. The second-order valence-electron chi connectivity index (χ2n) is 6.89. The van der Waals surface area contributed by atoms with Crippen LogP contribution in [0.15, 0.2) is 66.7 Å². The number of rotatable bonds is 7. The molecule has 0 aliphatic carbocycles. The Kier molecular flexibility index (Phi) is 6.84. The van der Waals surface area contributed by atoms with Gasteiger partial charge in [0.25, 0.3) is 5.91 Å². The standard InChI is InChI=1S/C24H22F3NO3/c1-3-30-22-11-10-17(13-18(22)15-31-21-9-4-6-16(2)12-21)23(29)28-20-8-5-7-19(14-20)24(25,26)27/h4-14H,3,15H2,1-2H3,(H,28,29). The zero-order valence-corrected chi connectivity index (χ0v) is 17.1. The molecule has 0 aromatic heterocycles. The highest BCUT2D eigenvalue weighted by Crippen LogP contribution is 2.31. The number of aryl methyl sites for hydroxylation is 1. The number of alkyl halides is 3. The lowest BCUT2D eigenvalue weighted by Crippen LogP contribution is -2.14. The molecule has 0 bridgehead atoms. The number of halogens is 3. The summed E-state index contributed by atoms with van der Waals surface area (Å²) in [5, 5.41) is 2.51. The number of hydrogen-bond donors (Lipinski definition) is 1. The molecular weight excluding hydrogens is 407 g/mol. The molecule has 3 aromatic rings. The largest absolute Gasteiger partial charge is 0.493 e. The van der Waals surface area contributed by atoms with Crippen LogP contribution in [-0.4, -0.2) is 12.5 Å². The minimum atomic E-state index is -4.49. The van der Waals surface area contributed by atoms with Crippen molar-refractivity contribution < 1.29 is 27.4 Å². The maximum absolute atomic E-state index is 12.9. The molecule has 0 saturated heterocycles. The molecule has 0 spiro atoms. The minimum absolute atomic E-state index is 0.0614. The summed E-state index contributed by atoms with van der Waals surface area (Å²) in [5.41, 5.74) is 1.22. The molecular formula is C24H22F3NO3. The number of amides is 1. The van der Waals surface area contributed by atoms with Crippen LogP contribution in [0.1, 0.15) is 34.0 Å². The summed E-state index contributed by atoms with van der Waals surface area (Å²) in [7, 11) is 0. The molecule has 0 saturated carbocycles. The Bertz CT molecular complexity index is 1060. The van der Waals surface area contributed by atoms with E-state index >= 15 is 0 Å². The van der Waals surface area contributed by atoms with Crippen LogP contribution >= 0.6 is 0 Å². The Morgan fingerprint density at radius 3 is 2.45 bits per heavy atom. The normalized spacial score (nSPS) is 11.1. The average Bonchev–Trinajstić information content (AvgIpc) is 2.73. The Labute approximate surface area is 178 Å². The molecule has 0 unspecified atom stereocenters. The number of anilines is 1. The van der Waals surface area contributed by atoms with E-state index in [1.165, 1.54) is 12.1 Å². The predicted molar refractivity (Wildman–Crippen MR) is 113 cm³/mol. The first-order chi connectivity index (χ1) is 14.8. The third-order valence-corrected chi connectivity index (χ3v) is 4.45. The van der Waals surface area contributed by atoms with Gasteiger partial charge in [0.15, 0.2) is 0 Å². The van der Waals surface area contributed by atoms with Crippen LogP contribution in [0.5, 0.6) is 11.5 Å². The monoisotopic (exact) mass is 429 g/mol. The van der Waals surface area contributed by atoms with Crippen molar-refractivity contribution in [3.8, 4) is 11.5 Å². The van der Waals surface area contributed by atoms with Crippen LogP contribution in [0.25, 0.3) is 0 Å². The van der Waals surface area contributed by atoms with Gasteiger partial charge in [-0.3, -0.25) is 4.79 Å². The summed E-state index contributed by atoms with van der Waals surface area (Å²) >= 11 is 0. The van der Waals surface area contributed by atoms with Crippen molar-refractivity contribution in [2.45, 2.75) is 26.6 Å². The van der Waals surface area contributed by atoms with Gasteiger partial charge in [-0.15, -0.1) is 0 Å². The number of ether oxygens (including phenoxy) is 2. The number of hydrogen-bond acceptors (Lipinski definition) is 3. The van der Waals surface area contributed by atoms with Gasteiger partial charge in [0.2, 0.25) is 0 Å². The Hall–Kier alpha value is -3.48. The van der Waals surface area contributed by atoms with E-state index in [0.717, 1.165) is 17.7 Å². The van der Waals surface area contributed by atoms with Crippen molar-refractivity contribution in [3.05, 3.63) is 89.0 Å². The topological polar surface area (TPSA) is 47.6 Å². The van der Waals surface area contributed by atoms with E-state index < -0.39 is 17.6 Å². The lowest BCUT2D eigenvalue weighted by atomic mass is 10.1. The Balaban J connectivity index is 1.79. The second-order valence-corrected chi connectivity index (χ2v) is 6.89. The molecule has 0 heterocycles. The smallest absolute Gasteiger partial charge is 0.416 e. The zero-order chi connectivity index (χ0) is 22.4. The van der Waals surface area contributed by atoms with Crippen molar-refractivity contribution in [2.24, 2.45) is 0 Å². The molecule has 0 aliphatic heterocycles. The van der Waals surface area contributed by atoms with E-state index in [0.29, 0.717) is 23.7 Å². The molecule has 3 aromatic carbocycles. The maximum atomic E-state index is 12.9. The fourth-order valence-corrected chi connectivity index (χ4v) is 2.97. The van der Waals surface area contributed by atoms with Gasteiger partial charge >= 0.3 is 6.18 Å². The van der Waals surface area contributed by atoms with Crippen LogP contribution in [0, 0.1) is 6.92 Å². The van der Waals surface area contributed by atoms with Crippen molar-refractivity contribution >= 4 is 11.6 Å². The molecule has 0 fully saturated rings. The van der Waals surface area contributed by atoms with Crippen molar-refractivity contribution in [2.75, 3.05) is 11.9 Å². The van der Waals surface area contributed by atoms with Crippen molar-refractivity contribution in [3.63, 3.8) is 0 Å². The second kappa shape index (κ2) is 9.55. The number of nitrogens with one attached hydrogen (secondary N) is 1. The van der Waals surface area contributed by atoms with Crippen molar-refractivity contribution in [1.29, 1.82) is 0 Å². The van der Waals surface area contributed by atoms with Crippen LogP contribution in [0.3, 0.4) is 0 Å². The van der Waals surface area contributed by atoms with E-state index in [9.17, 15) is 18.0 Å². The molecule has 31 heavy (non-hydrogen) atoms. The van der Waals surface area contributed by atoms with E-state index in [1.54, 1.807) is 18.2 Å². The van der Waals surface area contributed by atoms with Crippen LogP contribution in [0.4, 0.5) is 18.9 Å². The first-order valence-electron chi connectivity index (χ1n) is 9.70.